The topological polar surface area (TPSA) is 160 Å². The quantitative estimate of drug-likeness (QED) is 0.280. The van der Waals surface area contributed by atoms with E-state index in [1.165, 1.54) is 0 Å². The second-order valence-electron chi connectivity index (χ2n) is 7.73. The molecule has 0 aromatic carbocycles. The van der Waals surface area contributed by atoms with E-state index >= 15 is 0 Å². The molecule has 2 aliphatic heterocycles. The fourth-order valence-electron chi connectivity index (χ4n) is 5.86. The van der Waals surface area contributed by atoms with E-state index in [0.29, 0.717) is 0 Å². The minimum atomic E-state index is -2.77. The maximum Gasteiger partial charge on any atom is 0.343 e. The molecule has 2 bridgehead atoms. The van der Waals surface area contributed by atoms with Crippen molar-refractivity contribution >= 4 is 17.9 Å². The summed E-state index contributed by atoms with van der Waals surface area (Å²) in [5.41, 5.74) is -9.28. The summed E-state index contributed by atoms with van der Waals surface area (Å²) in [5, 5.41) is 44.3. The van der Waals surface area contributed by atoms with Crippen molar-refractivity contribution in [3.63, 3.8) is 0 Å². The highest BCUT2D eigenvalue weighted by atomic mass is 16.6. The maximum atomic E-state index is 12.6. The summed E-state index contributed by atoms with van der Waals surface area (Å²) in [6, 6.07) is 0. The zero-order chi connectivity index (χ0) is 19.3. The third-order valence-corrected chi connectivity index (χ3v) is 7.17. The Kier molecular flexibility index (Phi) is 3.22. The van der Waals surface area contributed by atoms with E-state index in [1.54, 1.807) is 6.92 Å². The number of rotatable bonds is 1. The van der Waals surface area contributed by atoms with Gasteiger partial charge in [0.2, 0.25) is 5.60 Å². The molecule has 4 N–H and O–H groups in total. The number of fused-ring (bicyclic) bond motifs is 2. The summed E-state index contributed by atoms with van der Waals surface area (Å²) < 4.78 is 14.5. The van der Waals surface area contributed by atoms with Gasteiger partial charge in [-0.1, -0.05) is 6.92 Å². The first-order valence-corrected chi connectivity index (χ1v) is 8.32. The molecule has 4 aliphatic rings. The first-order chi connectivity index (χ1) is 12.1. The van der Waals surface area contributed by atoms with E-state index in [-0.39, 0.29) is 12.8 Å². The number of aliphatic hydroxyl groups is 4. The Morgan fingerprint density at radius 1 is 1.27 bits per heavy atom. The normalized spacial score (nSPS) is 54.8. The average Bonchev–Trinajstić information content (AvgIpc) is 2.78. The van der Waals surface area contributed by atoms with Crippen molar-refractivity contribution in [1.82, 2.24) is 0 Å². The van der Waals surface area contributed by atoms with Crippen LogP contribution in [0.1, 0.15) is 19.8 Å². The summed E-state index contributed by atoms with van der Waals surface area (Å²) >= 11 is 0. The van der Waals surface area contributed by atoms with Crippen molar-refractivity contribution < 1.29 is 49.0 Å². The van der Waals surface area contributed by atoms with E-state index < -0.39 is 70.8 Å². The minimum Gasteiger partial charge on any atom is -0.467 e. The van der Waals surface area contributed by atoms with Crippen molar-refractivity contribution in [2.75, 3.05) is 13.7 Å². The van der Waals surface area contributed by atoms with Crippen molar-refractivity contribution in [3.05, 3.63) is 0 Å². The van der Waals surface area contributed by atoms with Gasteiger partial charge < -0.3 is 34.6 Å². The maximum absolute atomic E-state index is 12.6. The van der Waals surface area contributed by atoms with Gasteiger partial charge in [-0.2, -0.15) is 0 Å². The van der Waals surface area contributed by atoms with Crippen LogP contribution in [0.5, 0.6) is 0 Å². The molecule has 0 amide bonds. The van der Waals surface area contributed by atoms with E-state index in [9.17, 15) is 34.8 Å². The Balaban J connectivity index is 2.07. The largest absolute Gasteiger partial charge is 0.467 e. The van der Waals surface area contributed by atoms with Crippen molar-refractivity contribution in [2.24, 2.45) is 16.7 Å². The number of hydrogen-bond donors (Lipinski definition) is 4. The number of carbonyl (C=O) groups is 3. The van der Waals surface area contributed by atoms with E-state index in [4.69, 9.17) is 9.47 Å². The third-order valence-electron chi connectivity index (χ3n) is 7.17. The van der Waals surface area contributed by atoms with E-state index in [1.807, 2.05) is 0 Å². The highest BCUT2D eigenvalue weighted by Crippen LogP contribution is 2.72. The van der Waals surface area contributed by atoms with Crippen LogP contribution >= 0.6 is 0 Å². The summed E-state index contributed by atoms with van der Waals surface area (Å²) in [5.74, 6) is -4.18. The van der Waals surface area contributed by atoms with Crippen LogP contribution < -0.4 is 0 Å². The number of carbonyl (C=O) groups excluding carboxylic acids is 3. The van der Waals surface area contributed by atoms with Gasteiger partial charge in [0.05, 0.1) is 13.2 Å². The number of esters is 3. The predicted molar refractivity (Wildman–Crippen MR) is 78.0 cm³/mol. The molecule has 10 nitrogen and oxygen atoms in total. The molecule has 26 heavy (non-hydrogen) atoms. The highest BCUT2D eigenvalue weighted by molar-refractivity contribution is 5.97. The lowest BCUT2D eigenvalue weighted by Crippen LogP contribution is -2.90. The standard InChI is InChI=1S/C16H20O10/c1-6-3-7(17)16(23)13(6)4-8(26-10(19)9(13)18)15(22,12(21)24-2)14(16)5-25-11(14)20/h6-9,17-18,22-23H,3-5H2,1-2H3. The molecule has 2 spiro atoms. The Bertz CT molecular complexity index is 722. The Morgan fingerprint density at radius 2 is 1.92 bits per heavy atom. The van der Waals surface area contributed by atoms with Crippen LogP contribution in [0.15, 0.2) is 0 Å². The fourth-order valence-corrected chi connectivity index (χ4v) is 5.86. The molecule has 4 fully saturated rings. The van der Waals surface area contributed by atoms with Gasteiger partial charge in [0, 0.05) is 5.41 Å². The second kappa shape index (κ2) is 4.75. The van der Waals surface area contributed by atoms with Gasteiger partial charge in [-0.15, -0.1) is 0 Å². The molecule has 8 unspecified atom stereocenters. The van der Waals surface area contributed by atoms with Crippen LogP contribution in [0.25, 0.3) is 0 Å². The number of aliphatic hydroxyl groups excluding tert-OH is 2. The lowest BCUT2D eigenvalue weighted by atomic mass is 9.41. The molecule has 8 atom stereocenters. The van der Waals surface area contributed by atoms with E-state index in [0.717, 1.165) is 7.11 Å². The number of ether oxygens (including phenoxy) is 3. The summed E-state index contributed by atoms with van der Waals surface area (Å²) in [4.78, 5) is 37.4. The monoisotopic (exact) mass is 372 g/mol. The van der Waals surface area contributed by atoms with Crippen LogP contribution in [-0.2, 0) is 28.6 Å². The van der Waals surface area contributed by atoms with Crippen LogP contribution in [0.4, 0.5) is 0 Å². The molecule has 0 aromatic rings. The van der Waals surface area contributed by atoms with Crippen LogP contribution in [0.2, 0.25) is 0 Å². The average molecular weight is 372 g/mol. The Morgan fingerprint density at radius 3 is 2.42 bits per heavy atom. The first-order valence-electron chi connectivity index (χ1n) is 8.32. The molecule has 0 aromatic heterocycles. The highest BCUT2D eigenvalue weighted by Gasteiger charge is 2.92. The second-order valence-corrected chi connectivity index (χ2v) is 7.73. The molecule has 0 radical (unpaired) electrons. The molecule has 2 heterocycles. The van der Waals surface area contributed by atoms with E-state index in [2.05, 4.69) is 4.74 Å². The first kappa shape index (κ1) is 17.7. The predicted octanol–water partition coefficient (Wildman–Crippen LogP) is -2.76. The molecular weight excluding hydrogens is 352 g/mol. The smallest absolute Gasteiger partial charge is 0.343 e. The SMILES string of the molecule is COC(=O)C1(O)C2CC3(C(C)CC(O)C3(O)C13COC3=O)C(O)C(=O)O2. The van der Waals surface area contributed by atoms with Gasteiger partial charge >= 0.3 is 17.9 Å². The van der Waals surface area contributed by atoms with Gasteiger partial charge in [0.25, 0.3) is 0 Å². The zero-order valence-corrected chi connectivity index (χ0v) is 14.2. The number of hydrogen-bond acceptors (Lipinski definition) is 10. The van der Waals surface area contributed by atoms with Crippen molar-refractivity contribution in [2.45, 2.75) is 49.3 Å². The summed E-state index contributed by atoms with van der Waals surface area (Å²) in [6.45, 7) is 1.01. The van der Waals surface area contributed by atoms with Crippen LogP contribution in [0, 0.1) is 16.7 Å². The summed E-state index contributed by atoms with van der Waals surface area (Å²) in [7, 11) is 0.969. The zero-order valence-electron chi connectivity index (χ0n) is 14.2. The minimum absolute atomic E-state index is 0.0557. The number of methoxy groups -OCH3 is 1. The lowest BCUT2D eigenvalue weighted by molar-refractivity contribution is -0.369. The molecule has 4 rings (SSSR count). The van der Waals surface area contributed by atoms with Crippen LogP contribution in [0.3, 0.4) is 0 Å². The molecule has 144 valence electrons. The molecule has 10 heteroatoms. The van der Waals surface area contributed by atoms with Gasteiger partial charge in [-0.3, -0.25) is 4.79 Å². The molecule has 2 saturated carbocycles. The molecule has 2 aliphatic carbocycles. The Labute approximate surface area is 147 Å². The third kappa shape index (κ3) is 1.35. The van der Waals surface area contributed by atoms with Crippen LogP contribution in [-0.4, -0.2) is 81.6 Å². The van der Waals surface area contributed by atoms with Gasteiger partial charge in [-0.25, -0.2) is 9.59 Å². The fraction of sp³-hybridized carbons (Fsp3) is 0.812. The van der Waals surface area contributed by atoms with Crippen molar-refractivity contribution in [3.8, 4) is 0 Å². The summed E-state index contributed by atoms with van der Waals surface area (Å²) in [6.07, 6.45) is -5.37. The number of cyclic esters (lactones) is 1. The molecule has 2 saturated heterocycles. The lowest BCUT2D eigenvalue weighted by Gasteiger charge is -2.68. The van der Waals surface area contributed by atoms with Gasteiger partial charge in [0.15, 0.2) is 11.5 Å². The van der Waals surface area contributed by atoms with Gasteiger partial charge in [-0.05, 0) is 18.8 Å². The van der Waals surface area contributed by atoms with Gasteiger partial charge in [0.1, 0.15) is 18.3 Å². The molecular formula is C16H20O10. The van der Waals surface area contributed by atoms with Crippen molar-refractivity contribution in [1.29, 1.82) is 0 Å². The Hall–Kier alpha value is -1.75.